The summed E-state index contributed by atoms with van der Waals surface area (Å²) >= 11 is 6.67. The number of halogens is 2. The molecule has 4 aromatic rings. The number of nitrogen functional groups attached to an aromatic ring is 2. The monoisotopic (exact) mass is 680 g/mol. The lowest BCUT2D eigenvalue weighted by Gasteiger charge is -2.13. The topological polar surface area (TPSA) is 178 Å². The third-order valence-corrected chi connectivity index (χ3v) is 6.23. The Balaban J connectivity index is 1.56. The first-order chi connectivity index (χ1) is 19.5. The number of ether oxygens (including phenoxy) is 1. The molecule has 0 aliphatic carbocycles. The first-order valence-electron chi connectivity index (χ1n) is 11.8. The Morgan fingerprint density at radius 3 is 1.39 bits per heavy atom. The van der Waals surface area contributed by atoms with E-state index >= 15 is 0 Å². The minimum atomic E-state index is -1.04. The molecule has 4 amide bonds. The Morgan fingerprint density at radius 1 is 0.537 bits per heavy atom. The van der Waals surface area contributed by atoms with Crippen LogP contribution in [0.1, 0.15) is 20.7 Å². The highest BCUT2D eigenvalue weighted by Crippen LogP contribution is 2.23. The van der Waals surface area contributed by atoms with Crippen molar-refractivity contribution in [1.82, 2.24) is 0 Å². The Morgan fingerprint density at radius 2 is 0.951 bits per heavy atom. The van der Waals surface area contributed by atoms with E-state index in [4.69, 9.17) is 16.2 Å². The number of amides is 4. The minimum Gasteiger partial charge on any atom is -0.399 e. The lowest BCUT2D eigenvalue weighted by atomic mass is 10.1. The molecule has 0 aromatic heterocycles. The third-order valence-electron chi connectivity index (χ3n) is 5.25. The highest BCUT2D eigenvalue weighted by molar-refractivity contribution is 9.10. The fourth-order valence-electron chi connectivity index (χ4n) is 3.61. The van der Waals surface area contributed by atoms with Crippen LogP contribution < -0.4 is 32.7 Å². The number of hydrogen-bond donors (Lipinski definition) is 6. The fraction of sp³-hybridized carbons (Fsp3) is 0. The molecule has 0 aliphatic heterocycles. The Labute approximate surface area is 250 Å². The molecule has 0 spiro atoms. The number of carbonyl (C=O) groups is 4. The molecule has 11 nitrogen and oxygen atoms in total. The van der Waals surface area contributed by atoms with Crippen LogP contribution in [0.4, 0.5) is 43.7 Å². The molecule has 0 fully saturated rings. The molecule has 0 atom stereocenters. The quantitative estimate of drug-likeness (QED) is 0.0748. The van der Waals surface area contributed by atoms with E-state index in [1.807, 2.05) is 0 Å². The van der Waals surface area contributed by atoms with Gasteiger partial charge in [-0.3, -0.25) is 0 Å². The highest BCUT2D eigenvalue weighted by Gasteiger charge is 2.19. The summed E-state index contributed by atoms with van der Waals surface area (Å²) in [5.41, 5.74) is 13.0. The van der Waals surface area contributed by atoms with Crippen molar-refractivity contribution in [3.8, 4) is 0 Å². The summed E-state index contributed by atoms with van der Waals surface area (Å²) in [6, 6.07) is 20.7. The van der Waals surface area contributed by atoms with Gasteiger partial charge in [-0.25, -0.2) is 19.2 Å². The molecule has 13 heteroatoms. The van der Waals surface area contributed by atoms with E-state index in [1.54, 1.807) is 48.5 Å². The summed E-state index contributed by atoms with van der Waals surface area (Å²) in [7, 11) is 0. The van der Waals surface area contributed by atoms with Gasteiger partial charge in [0, 0.05) is 43.1 Å². The highest BCUT2D eigenvalue weighted by atomic mass is 79.9. The van der Waals surface area contributed by atoms with Gasteiger partial charge >= 0.3 is 24.0 Å². The second-order valence-electron chi connectivity index (χ2n) is 8.54. The third kappa shape index (κ3) is 8.55. The minimum absolute atomic E-state index is 0.0229. The largest absolute Gasteiger partial charge is 0.399 e. The van der Waals surface area contributed by atoms with Crippen molar-refractivity contribution in [2.75, 3.05) is 32.7 Å². The molecule has 4 rings (SSSR count). The number of nitrogens with two attached hydrogens (primary N) is 2. The number of anilines is 6. The maximum absolute atomic E-state index is 13.0. The normalized spacial score (nSPS) is 10.3. The SMILES string of the molecule is Nc1cc(N)cc(C(=O)OC(=O)c2cc(NC(=O)Nc3cccc(Br)c3)cc(NC(=O)Nc3cccc(Br)c3)c2)c1. The second-order valence-corrected chi connectivity index (χ2v) is 10.4. The zero-order valence-electron chi connectivity index (χ0n) is 21.0. The standard InChI is InChI=1S/C28H22Br2N6O5/c29-17-3-1-5-21(11-17)33-27(39)35-23-9-16(26(38)41-25(37)15-7-19(31)13-20(32)8-15)10-24(14-23)36-28(40)34-22-6-2-4-18(30)12-22/h1-14H,31-32H2,(H2,33,35,39)(H2,34,36,40). The molecule has 0 aliphatic rings. The van der Waals surface area contributed by atoms with Crippen LogP contribution in [0.5, 0.6) is 0 Å². The van der Waals surface area contributed by atoms with Gasteiger partial charge in [0.15, 0.2) is 0 Å². The smallest absolute Gasteiger partial charge is 0.346 e. The van der Waals surface area contributed by atoms with Crippen LogP contribution in [0.3, 0.4) is 0 Å². The van der Waals surface area contributed by atoms with Crippen molar-refractivity contribution in [2.45, 2.75) is 0 Å². The van der Waals surface area contributed by atoms with E-state index in [2.05, 4.69) is 53.1 Å². The van der Waals surface area contributed by atoms with E-state index in [0.717, 1.165) is 8.95 Å². The Kier molecular flexibility index (Phi) is 9.22. The number of rotatable bonds is 6. The van der Waals surface area contributed by atoms with Crippen LogP contribution in [0.15, 0.2) is 93.9 Å². The molecule has 0 radical (unpaired) electrons. The van der Waals surface area contributed by atoms with Crippen LogP contribution >= 0.6 is 31.9 Å². The molecule has 8 N–H and O–H groups in total. The van der Waals surface area contributed by atoms with Crippen molar-refractivity contribution >= 4 is 90.0 Å². The summed E-state index contributed by atoms with van der Waals surface area (Å²) in [4.78, 5) is 50.9. The van der Waals surface area contributed by atoms with Crippen molar-refractivity contribution in [1.29, 1.82) is 0 Å². The number of hydrogen-bond acceptors (Lipinski definition) is 7. The van der Waals surface area contributed by atoms with Crippen LogP contribution in [-0.4, -0.2) is 24.0 Å². The van der Waals surface area contributed by atoms with Crippen LogP contribution in [-0.2, 0) is 4.74 Å². The van der Waals surface area contributed by atoms with E-state index in [-0.39, 0.29) is 33.9 Å². The van der Waals surface area contributed by atoms with Gasteiger partial charge in [0.25, 0.3) is 0 Å². The maximum Gasteiger partial charge on any atom is 0.346 e. The van der Waals surface area contributed by atoms with Crippen LogP contribution in [0.2, 0.25) is 0 Å². The average Bonchev–Trinajstić information content (AvgIpc) is 2.87. The van der Waals surface area contributed by atoms with Crippen molar-refractivity contribution in [2.24, 2.45) is 0 Å². The Bertz CT molecular complexity index is 1560. The van der Waals surface area contributed by atoms with Gasteiger partial charge in [-0.2, -0.15) is 0 Å². The number of nitrogens with one attached hydrogen (secondary N) is 4. The molecule has 0 saturated heterocycles. The molecule has 208 valence electrons. The Hall–Kier alpha value is -4.88. The molecule has 41 heavy (non-hydrogen) atoms. The van der Waals surface area contributed by atoms with Gasteiger partial charge in [0.2, 0.25) is 0 Å². The van der Waals surface area contributed by atoms with E-state index in [0.29, 0.717) is 11.4 Å². The number of carbonyl (C=O) groups excluding carboxylic acids is 4. The summed E-state index contributed by atoms with van der Waals surface area (Å²) in [6.07, 6.45) is 0. The molecule has 0 saturated carbocycles. The molecule has 4 aromatic carbocycles. The second kappa shape index (κ2) is 13.0. The van der Waals surface area contributed by atoms with Gasteiger partial charge in [0.05, 0.1) is 11.1 Å². The van der Waals surface area contributed by atoms with Gasteiger partial charge in [-0.15, -0.1) is 0 Å². The van der Waals surface area contributed by atoms with E-state index < -0.39 is 24.0 Å². The average molecular weight is 682 g/mol. The van der Waals surface area contributed by atoms with Gasteiger partial charge in [-0.1, -0.05) is 44.0 Å². The fourth-order valence-corrected chi connectivity index (χ4v) is 4.40. The summed E-state index contributed by atoms with van der Waals surface area (Å²) in [6.45, 7) is 0. The first kappa shape index (κ1) is 29.1. The lowest BCUT2D eigenvalue weighted by molar-refractivity contribution is 0.0397. The van der Waals surface area contributed by atoms with Gasteiger partial charge in [-0.05, 0) is 72.8 Å². The zero-order valence-corrected chi connectivity index (χ0v) is 24.2. The molecular formula is C28H22Br2N6O5. The van der Waals surface area contributed by atoms with E-state index in [9.17, 15) is 19.2 Å². The van der Waals surface area contributed by atoms with E-state index in [1.165, 1.54) is 36.4 Å². The zero-order chi connectivity index (χ0) is 29.5. The van der Waals surface area contributed by atoms with Gasteiger partial charge in [0.1, 0.15) is 0 Å². The first-order valence-corrected chi connectivity index (χ1v) is 13.4. The maximum atomic E-state index is 13.0. The predicted octanol–water partition coefficient (Wildman–Crippen LogP) is 6.66. The van der Waals surface area contributed by atoms with Crippen LogP contribution in [0.25, 0.3) is 0 Å². The molecule has 0 unspecified atom stereocenters. The van der Waals surface area contributed by atoms with Gasteiger partial charge < -0.3 is 37.5 Å². The summed E-state index contributed by atoms with van der Waals surface area (Å²) in [5, 5.41) is 10.5. The number of urea groups is 2. The molecule has 0 bridgehead atoms. The number of esters is 2. The van der Waals surface area contributed by atoms with Crippen molar-refractivity contribution in [3.63, 3.8) is 0 Å². The molecule has 0 heterocycles. The van der Waals surface area contributed by atoms with Crippen LogP contribution in [0, 0.1) is 0 Å². The summed E-state index contributed by atoms with van der Waals surface area (Å²) < 4.78 is 6.53. The lowest BCUT2D eigenvalue weighted by Crippen LogP contribution is -2.22. The predicted molar refractivity (Wildman–Crippen MR) is 165 cm³/mol. The van der Waals surface area contributed by atoms with Crippen molar-refractivity contribution in [3.05, 3.63) is 105 Å². The number of benzene rings is 4. The summed E-state index contributed by atoms with van der Waals surface area (Å²) in [5.74, 6) is -2.02. The molecular weight excluding hydrogens is 660 g/mol. The van der Waals surface area contributed by atoms with Crippen molar-refractivity contribution < 1.29 is 23.9 Å².